The first-order valence-electron chi connectivity index (χ1n) is 33.8. The largest absolute Gasteiger partial charge is 0.466 e. The number of nitrogens with one attached hydrogen (secondary N) is 1. The summed E-state index contributed by atoms with van der Waals surface area (Å²) in [6.45, 7) is 4.97. The lowest BCUT2D eigenvalue weighted by molar-refractivity contribution is -0.143. The van der Waals surface area contributed by atoms with E-state index in [1.807, 2.05) is 0 Å². The minimum atomic E-state index is -0.658. The van der Waals surface area contributed by atoms with Crippen LogP contribution in [0.2, 0.25) is 0 Å². The number of esters is 1. The zero-order valence-corrected chi connectivity index (χ0v) is 49.9. The van der Waals surface area contributed by atoms with E-state index in [0.717, 1.165) is 38.5 Å². The molecule has 0 aromatic rings. The van der Waals surface area contributed by atoms with Gasteiger partial charge in [-0.1, -0.05) is 354 Å². The maximum absolute atomic E-state index is 12.4. The maximum Gasteiger partial charge on any atom is 0.305 e. The van der Waals surface area contributed by atoms with Crippen molar-refractivity contribution in [3.63, 3.8) is 0 Å². The molecule has 2 unspecified atom stereocenters. The Bertz CT molecular complexity index is 1050. The summed E-state index contributed by atoms with van der Waals surface area (Å²) in [5.74, 6) is -0.00620. The number of unbranched alkanes of at least 4 members (excludes halogenated alkanes) is 53. The standard InChI is InChI=1S/C67H133NO5/c1-3-5-7-9-11-13-14-15-16-31-35-38-41-45-49-53-57-61-67(72)73-62-58-54-50-46-42-39-36-33-30-28-26-24-22-20-18-17-19-21-23-25-27-29-32-34-37-40-44-48-52-56-60-66(71)68-64(63-69)65(70)59-55-51-47-43-12-10-8-6-4-2/h64-65,69-70H,3-63H2,1-2H3,(H,68,71). The minimum absolute atomic E-state index is 0.0250. The Morgan fingerprint density at radius 2 is 0.562 bits per heavy atom. The van der Waals surface area contributed by atoms with Crippen molar-refractivity contribution in [3.8, 4) is 0 Å². The monoisotopic (exact) mass is 1030 g/mol. The summed E-state index contributed by atoms with van der Waals surface area (Å²) in [6, 6.07) is -0.535. The van der Waals surface area contributed by atoms with Gasteiger partial charge in [-0.3, -0.25) is 9.59 Å². The highest BCUT2D eigenvalue weighted by Gasteiger charge is 2.20. The Kier molecular flexibility index (Phi) is 62.4. The van der Waals surface area contributed by atoms with Gasteiger partial charge in [-0.05, 0) is 25.7 Å². The van der Waals surface area contributed by atoms with Crippen molar-refractivity contribution >= 4 is 11.9 Å². The smallest absolute Gasteiger partial charge is 0.305 e. The SMILES string of the molecule is CCCCCCCCCCCCCCCCCCCC(=O)OCCCCCCCCCCCCCCCCCCCCCCCCCCCCCCCCC(=O)NC(CO)C(O)CCCCCCCCCCC. The number of ether oxygens (including phenoxy) is 1. The van der Waals surface area contributed by atoms with Crippen molar-refractivity contribution in [2.24, 2.45) is 0 Å². The molecule has 0 heterocycles. The van der Waals surface area contributed by atoms with Crippen LogP contribution < -0.4 is 5.32 Å². The highest BCUT2D eigenvalue weighted by molar-refractivity contribution is 5.76. The molecule has 1 amide bonds. The fourth-order valence-corrected chi connectivity index (χ4v) is 11.0. The van der Waals surface area contributed by atoms with E-state index in [2.05, 4.69) is 19.2 Å². The number of carbonyl (C=O) groups is 2. The van der Waals surface area contributed by atoms with Crippen LogP contribution in [0.1, 0.15) is 393 Å². The molecule has 0 fully saturated rings. The van der Waals surface area contributed by atoms with Gasteiger partial charge in [0, 0.05) is 12.8 Å². The quantitative estimate of drug-likeness (QED) is 0.0417. The van der Waals surface area contributed by atoms with Crippen molar-refractivity contribution in [3.05, 3.63) is 0 Å². The molecule has 0 aliphatic carbocycles. The molecule has 0 aromatic heterocycles. The number of amides is 1. The summed E-state index contributed by atoms with van der Waals surface area (Å²) in [5.41, 5.74) is 0. The number of aliphatic hydroxyl groups is 2. The van der Waals surface area contributed by atoms with Crippen LogP contribution >= 0.6 is 0 Å². The van der Waals surface area contributed by atoms with Crippen molar-refractivity contribution in [1.82, 2.24) is 5.32 Å². The Morgan fingerprint density at radius 1 is 0.329 bits per heavy atom. The Balaban J connectivity index is 3.27. The molecule has 73 heavy (non-hydrogen) atoms. The van der Waals surface area contributed by atoms with Crippen molar-refractivity contribution in [2.75, 3.05) is 13.2 Å². The number of carbonyl (C=O) groups excluding carboxylic acids is 2. The predicted octanol–water partition coefficient (Wildman–Crippen LogP) is 21.4. The van der Waals surface area contributed by atoms with Gasteiger partial charge in [-0.2, -0.15) is 0 Å². The summed E-state index contributed by atoms with van der Waals surface area (Å²) < 4.78 is 5.51. The molecule has 436 valence electrons. The fraction of sp³-hybridized carbons (Fsp3) is 0.970. The van der Waals surface area contributed by atoms with Crippen LogP contribution in [0.3, 0.4) is 0 Å². The Labute approximate surface area is 457 Å². The second-order valence-corrected chi connectivity index (χ2v) is 23.5. The summed E-state index contributed by atoms with van der Waals surface area (Å²) in [6.07, 6.45) is 75.9. The fourth-order valence-electron chi connectivity index (χ4n) is 11.0. The summed E-state index contributed by atoms with van der Waals surface area (Å²) in [4.78, 5) is 24.5. The minimum Gasteiger partial charge on any atom is -0.466 e. The maximum atomic E-state index is 12.4. The molecule has 0 saturated heterocycles. The van der Waals surface area contributed by atoms with Crippen molar-refractivity contribution < 1.29 is 24.5 Å². The summed E-state index contributed by atoms with van der Waals surface area (Å²) >= 11 is 0. The average Bonchev–Trinajstić information content (AvgIpc) is 3.39. The van der Waals surface area contributed by atoms with E-state index in [4.69, 9.17) is 4.74 Å². The third-order valence-corrected chi connectivity index (χ3v) is 16.2. The van der Waals surface area contributed by atoms with E-state index in [9.17, 15) is 19.8 Å². The molecule has 0 aliphatic heterocycles. The van der Waals surface area contributed by atoms with E-state index in [0.29, 0.717) is 25.9 Å². The van der Waals surface area contributed by atoms with Crippen LogP contribution in [-0.2, 0) is 14.3 Å². The van der Waals surface area contributed by atoms with Crippen molar-refractivity contribution in [2.45, 2.75) is 405 Å². The summed E-state index contributed by atoms with van der Waals surface area (Å²) in [7, 11) is 0. The van der Waals surface area contributed by atoms with Gasteiger partial charge >= 0.3 is 5.97 Å². The number of hydrogen-bond acceptors (Lipinski definition) is 5. The van der Waals surface area contributed by atoms with Crippen LogP contribution in [0.5, 0.6) is 0 Å². The number of hydrogen-bond donors (Lipinski definition) is 3. The molecule has 6 heteroatoms. The van der Waals surface area contributed by atoms with Gasteiger partial charge in [0.15, 0.2) is 0 Å². The molecule has 0 spiro atoms. The van der Waals surface area contributed by atoms with Crippen LogP contribution in [0.4, 0.5) is 0 Å². The molecule has 0 saturated carbocycles. The lowest BCUT2D eigenvalue weighted by Crippen LogP contribution is -2.45. The van der Waals surface area contributed by atoms with Gasteiger partial charge < -0.3 is 20.3 Å². The van der Waals surface area contributed by atoms with E-state index in [1.54, 1.807) is 0 Å². The number of rotatable bonds is 64. The molecule has 0 aromatic carbocycles. The van der Waals surface area contributed by atoms with Gasteiger partial charge in [0.05, 0.1) is 25.4 Å². The highest BCUT2D eigenvalue weighted by Crippen LogP contribution is 2.19. The normalized spacial score (nSPS) is 12.4. The first-order valence-corrected chi connectivity index (χ1v) is 33.8. The van der Waals surface area contributed by atoms with Gasteiger partial charge in [-0.15, -0.1) is 0 Å². The molecule has 6 nitrogen and oxygen atoms in total. The second kappa shape index (κ2) is 63.4. The lowest BCUT2D eigenvalue weighted by atomic mass is 10.0. The first-order chi connectivity index (χ1) is 36.0. The molecule has 3 N–H and O–H groups in total. The number of aliphatic hydroxyl groups excluding tert-OH is 2. The van der Waals surface area contributed by atoms with E-state index >= 15 is 0 Å². The first kappa shape index (κ1) is 71.9. The third kappa shape index (κ3) is 60.0. The van der Waals surface area contributed by atoms with Gasteiger partial charge in [0.2, 0.25) is 5.91 Å². The molecule has 0 aliphatic rings. The zero-order valence-electron chi connectivity index (χ0n) is 49.9. The molecular weight excluding hydrogens is 899 g/mol. The highest BCUT2D eigenvalue weighted by atomic mass is 16.5. The van der Waals surface area contributed by atoms with Crippen LogP contribution in [0.25, 0.3) is 0 Å². The molecular formula is C67H133NO5. The van der Waals surface area contributed by atoms with Gasteiger partial charge in [0.25, 0.3) is 0 Å². The molecule has 0 rings (SSSR count). The molecule has 2 atom stereocenters. The van der Waals surface area contributed by atoms with E-state index in [-0.39, 0.29) is 18.5 Å². The second-order valence-electron chi connectivity index (χ2n) is 23.5. The third-order valence-electron chi connectivity index (χ3n) is 16.2. The Hall–Kier alpha value is -1.14. The topological polar surface area (TPSA) is 95.9 Å². The van der Waals surface area contributed by atoms with Gasteiger partial charge in [0.1, 0.15) is 0 Å². The van der Waals surface area contributed by atoms with Crippen LogP contribution in [0, 0.1) is 0 Å². The Morgan fingerprint density at radius 3 is 0.836 bits per heavy atom. The lowest BCUT2D eigenvalue weighted by Gasteiger charge is -2.22. The molecule has 0 bridgehead atoms. The van der Waals surface area contributed by atoms with E-state index < -0.39 is 12.1 Å². The average molecular weight is 1030 g/mol. The van der Waals surface area contributed by atoms with Crippen LogP contribution in [0.15, 0.2) is 0 Å². The van der Waals surface area contributed by atoms with Gasteiger partial charge in [-0.25, -0.2) is 0 Å². The zero-order chi connectivity index (χ0) is 52.9. The summed E-state index contributed by atoms with van der Waals surface area (Å²) in [5, 5.41) is 23.1. The molecule has 0 radical (unpaired) electrons. The van der Waals surface area contributed by atoms with E-state index in [1.165, 1.54) is 321 Å². The predicted molar refractivity (Wildman–Crippen MR) is 320 cm³/mol. The van der Waals surface area contributed by atoms with Crippen molar-refractivity contribution in [1.29, 1.82) is 0 Å². The van der Waals surface area contributed by atoms with Crippen LogP contribution in [-0.4, -0.2) is 47.4 Å².